The highest BCUT2D eigenvalue weighted by molar-refractivity contribution is 7.88. The van der Waals surface area contributed by atoms with Gasteiger partial charge in [-0.25, -0.2) is 18.1 Å². The van der Waals surface area contributed by atoms with E-state index in [0.29, 0.717) is 25.5 Å². The van der Waals surface area contributed by atoms with Gasteiger partial charge in [0.05, 0.1) is 19.0 Å². The average molecular weight is 484 g/mol. The van der Waals surface area contributed by atoms with Crippen LogP contribution in [0.2, 0.25) is 0 Å². The highest BCUT2D eigenvalue weighted by Gasteiger charge is 2.33. The Hall–Kier alpha value is -2.49. The number of nitrogens with one attached hydrogen (secondary N) is 1. The number of rotatable bonds is 7. The van der Waals surface area contributed by atoms with Crippen LogP contribution >= 0.6 is 0 Å². The van der Waals surface area contributed by atoms with Crippen LogP contribution in [0.4, 0.5) is 5.82 Å². The van der Waals surface area contributed by atoms with Crippen LogP contribution in [0.1, 0.15) is 43.6 Å². The number of hydrogen-bond acceptors (Lipinski definition) is 6. The van der Waals surface area contributed by atoms with Crippen molar-refractivity contribution in [3.8, 4) is 0 Å². The lowest BCUT2D eigenvalue weighted by Crippen LogP contribution is -2.53. The Bertz CT molecular complexity index is 1190. The van der Waals surface area contributed by atoms with Crippen molar-refractivity contribution in [1.82, 2.24) is 19.3 Å². The van der Waals surface area contributed by atoms with Gasteiger partial charge in [-0.3, -0.25) is 0 Å². The summed E-state index contributed by atoms with van der Waals surface area (Å²) in [6.45, 7) is 1.98. The summed E-state index contributed by atoms with van der Waals surface area (Å²) in [6.07, 6.45) is 8.08. The van der Waals surface area contributed by atoms with Crippen molar-refractivity contribution in [2.24, 2.45) is 5.92 Å². The Morgan fingerprint density at radius 1 is 1.03 bits per heavy atom. The number of sulfonamides is 1. The van der Waals surface area contributed by atoms with Gasteiger partial charge < -0.3 is 9.64 Å². The van der Waals surface area contributed by atoms with Gasteiger partial charge in [-0.2, -0.15) is 9.61 Å². The quantitative estimate of drug-likeness (QED) is 0.555. The Morgan fingerprint density at radius 3 is 2.59 bits per heavy atom. The normalized spacial score (nSPS) is 26.1. The van der Waals surface area contributed by atoms with Crippen LogP contribution in [0.3, 0.4) is 0 Å². The number of piperidine rings is 1. The molecule has 3 aromatic rings. The second kappa shape index (κ2) is 10.0. The predicted octanol–water partition coefficient (Wildman–Crippen LogP) is 3.22. The van der Waals surface area contributed by atoms with Crippen LogP contribution in [0, 0.1) is 5.92 Å². The largest absolute Gasteiger partial charge is 0.378 e. The van der Waals surface area contributed by atoms with Crippen LogP contribution in [0.15, 0.2) is 54.9 Å². The van der Waals surface area contributed by atoms with Gasteiger partial charge >= 0.3 is 0 Å². The molecule has 2 fully saturated rings. The molecule has 182 valence electrons. The summed E-state index contributed by atoms with van der Waals surface area (Å²) in [5.41, 5.74) is 2.22. The molecule has 1 saturated heterocycles. The predicted molar refractivity (Wildman–Crippen MR) is 132 cm³/mol. The molecule has 1 saturated carbocycles. The van der Waals surface area contributed by atoms with Gasteiger partial charge in [-0.15, -0.1) is 0 Å². The molecule has 0 radical (unpaired) electrons. The molecule has 2 atom stereocenters. The van der Waals surface area contributed by atoms with E-state index in [-0.39, 0.29) is 18.1 Å². The first-order valence-corrected chi connectivity index (χ1v) is 14.0. The summed E-state index contributed by atoms with van der Waals surface area (Å²) < 4.78 is 35.2. The summed E-state index contributed by atoms with van der Waals surface area (Å²) in [4.78, 5) is 6.56. The maximum Gasteiger partial charge on any atom is 0.208 e. The van der Waals surface area contributed by atoms with Gasteiger partial charge in [0.25, 0.3) is 0 Å². The van der Waals surface area contributed by atoms with E-state index >= 15 is 0 Å². The van der Waals surface area contributed by atoms with Crippen molar-refractivity contribution >= 4 is 21.5 Å². The molecule has 0 bridgehead atoms. The molecule has 0 amide bonds. The number of ether oxygens (including phenoxy) is 1. The minimum Gasteiger partial charge on any atom is -0.378 e. The van der Waals surface area contributed by atoms with Crippen molar-refractivity contribution in [3.63, 3.8) is 0 Å². The molecule has 2 aliphatic rings. The lowest BCUT2D eigenvalue weighted by molar-refractivity contribution is -0.00215. The van der Waals surface area contributed by atoms with Crippen LogP contribution in [-0.4, -0.2) is 61.1 Å². The Balaban J connectivity index is 1.24. The van der Waals surface area contributed by atoms with Crippen molar-refractivity contribution < 1.29 is 13.2 Å². The minimum absolute atomic E-state index is 0.0501. The molecule has 1 unspecified atom stereocenters. The van der Waals surface area contributed by atoms with Gasteiger partial charge in [0.2, 0.25) is 10.0 Å². The maximum atomic E-state index is 12.0. The third kappa shape index (κ3) is 5.42. The molecule has 34 heavy (non-hydrogen) atoms. The molecule has 1 N–H and O–H groups in total. The standard InChI is InChI=1S/C25H33N5O3S/c1-34(31,32)28-23-14-15-29(25-9-5-8-24-26-18-27-30(24)25)16-21(23)17-33-22-12-10-20(11-13-22)19-6-3-2-4-7-19/h2-9,18,20-23,28H,10-17H2,1H3/t20?,21?,22?,23-/m0/s1. The lowest BCUT2D eigenvalue weighted by atomic mass is 9.82. The number of pyridine rings is 1. The van der Waals surface area contributed by atoms with Crippen LogP contribution < -0.4 is 9.62 Å². The summed E-state index contributed by atoms with van der Waals surface area (Å²) in [5.74, 6) is 1.63. The van der Waals surface area contributed by atoms with E-state index in [1.165, 1.54) is 11.8 Å². The van der Waals surface area contributed by atoms with E-state index in [1.54, 1.807) is 6.33 Å². The molecular weight excluding hydrogens is 450 g/mol. The highest BCUT2D eigenvalue weighted by atomic mass is 32.2. The number of benzene rings is 1. The molecule has 1 aromatic carbocycles. The van der Waals surface area contributed by atoms with E-state index in [1.807, 2.05) is 22.7 Å². The van der Waals surface area contributed by atoms with Gasteiger partial charge in [0.15, 0.2) is 5.65 Å². The number of hydrogen-bond donors (Lipinski definition) is 1. The van der Waals surface area contributed by atoms with Crippen molar-refractivity contribution in [1.29, 1.82) is 0 Å². The van der Waals surface area contributed by atoms with Crippen molar-refractivity contribution in [2.45, 2.75) is 50.2 Å². The van der Waals surface area contributed by atoms with Crippen LogP contribution in [0.5, 0.6) is 0 Å². The SMILES string of the molecule is CS(=O)(=O)N[C@H]1CCN(c2cccc3ncnn23)CC1COC1CCC(c2ccccc2)CC1. The fourth-order valence-corrected chi connectivity index (χ4v) is 6.32. The van der Waals surface area contributed by atoms with Crippen LogP contribution in [-0.2, 0) is 14.8 Å². The van der Waals surface area contributed by atoms with Crippen LogP contribution in [0.25, 0.3) is 5.65 Å². The Labute approximate surface area is 201 Å². The zero-order valence-electron chi connectivity index (χ0n) is 19.6. The van der Waals surface area contributed by atoms with Gasteiger partial charge in [-0.1, -0.05) is 36.4 Å². The summed E-state index contributed by atoms with van der Waals surface area (Å²) in [6, 6.07) is 16.5. The van der Waals surface area contributed by atoms with Gasteiger partial charge in [-0.05, 0) is 55.7 Å². The first-order chi connectivity index (χ1) is 16.5. The molecule has 2 aromatic heterocycles. The first-order valence-electron chi connectivity index (χ1n) is 12.1. The number of aromatic nitrogens is 3. The molecule has 5 rings (SSSR count). The van der Waals surface area contributed by atoms with Crippen molar-refractivity contribution in [2.75, 3.05) is 30.9 Å². The zero-order chi connectivity index (χ0) is 23.5. The molecule has 1 aliphatic carbocycles. The van der Waals surface area contributed by atoms with Gasteiger partial charge in [0.1, 0.15) is 12.1 Å². The maximum absolute atomic E-state index is 12.0. The van der Waals surface area contributed by atoms with E-state index in [0.717, 1.165) is 43.7 Å². The number of fused-ring (bicyclic) bond motifs is 1. The molecule has 3 heterocycles. The topological polar surface area (TPSA) is 88.8 Å². The highest BCUT2D eigenvalue weighted by Crippen LogP contribution is 2.34. The second-order valence-electron chi connectivity index (χ2n) is 9.62. The summed E-state index contributed by atoms with van der Waals surface area (Å²) >= 11 is 0. The Kier molecular flexibility index (Phi) is 6.85. The second-order valence-corrected chi connectivity index (χ2v) is 11.4. The third-order valence-electron chi connectivity index (χ3n) is 7.20. The number of nitrogens with zero attached hydrogens (tertiary/aromatic N) is 4. The molecular formula is C25H33N5O3S. The fourth-order valence-electron chi connectivity index (χ4n) is 5.46. The minimum atomic E-state index is -3.30. The van der Waals surface area contributed by atoms with E-state index in [4.69, 9.17) is 4.74 Å². The smallest absolute Gasteiger partial charge is 0.208 e. The molecule has 0 spiro atoms. The zero-order valence-corrected chi connectivity index (χ0v) is 20.4. The molecule has 8 nitrogen and oxygen atoms in total. The Morgan fingerprint density at radius 2 is 1.82 bits per heavy atom. The van der Waals surface area contributed by atoms with E-state index < -0.39 is 10.0 Å². The lowest BCUT2D eigenvalue weighted by Gasteiger charge is -2.40. The summed E-state index contributed by atoms with van der Waals surface area (Å²) in [7, 11) is -3.30. The molecule has 9 heteroatoms. The average Bonchev–Trinajstić information content (AvgIpc) is 3.33. The fraction of sp³-hybridized carbons (Fsp3) is 0.520. The first kappa shape index (κ1) is 23.3. The van der Waals surface area contributed by atoms with E-state index in [9.17, 15) is 8.42 Å². The molecule has 1 aliphatic heterocycles. The third-order valence-corrected chi connectivity index (χ3v) is 7.93. The monoisotopic (exact) mass is 483 g/mol. The van der Waals surface area contributed by atoms with Gasteiger partial charge in [0, 0.05) is 25.0 Å². The van der Waals surface area contributed by atoms with Crippen molar-refractivity contribution in [3.05, 3.63) is 60.4 Å². The van der Waals surface area contributed by atoms with E-state index in [2.05, 4.69) is 50.0 Å². The number of anilines is 1. The summed E-state index contributed by atoms with van der Waals surface area (Å²) in [5, 5.41) is 4.37.